The fourth-order valence-electron chi connectivity index (χ4n) is 4.83. The number of fused-ring (bicyclic) bond motifs is 1. The molecule has 9 N–H and O–H groups in total. The van der Waals surface area contributed by atoms with E-state index in [1.54, 1.807) is 0 Å². The van der Waals surface area contributed by atoms with Crippen LogP contribution in [0.1, 0.15) is 0 Å². The Kier molecular flexibility index (Phi) is 12.1. The van der Waals surface area contributed by atoms with Gasteiger partial charge < -0.3 is 21.7 Å². The second kappa shape index (κ2) is 16.0. The van der Waals surface area contributed by atoms with E-state index in [1.807, 2.05) is 0 Å². The number of nitrogens with two attached hydrogens (primary N) is 1. The third kappa shape index (κ3) is 11.1. The first-order valence-electron chi connectivity index (χ1n) is 15.1. The van der Waals surface area contributed by atoms with Crippen molar-refractivity contribution in [2.45, 2.75) is 19.6 Å². The fourth-order valence-corrected chi connectivity index (χ4v) is 9.52. The molecule has 0 aliphatic heterocycles. The number of carbonyl (C=O) groups excluding carboxylic acids is 1. The van der Waals surface area contributed by atoms with E-state index in [1.165, 1.54) is 36.4 Å². The van der Waals surface area contributed by atoms with Crippen LogP contribution < -0.4 is 21.7 Å². The third-order valence-electron chi connectivity index (χ3n) is 7.26. The number of rotatable bonds is 14. The minimum Gasteiger partial charge on any atom is -0.351 e. The second-order valence-corrected chi connectivity index (χ2v) is 19.7. The maximum Gasteiger partial charge on any atom is 0.316 e. The zero-order valence-electron chi connectivity index (χ0n) is 28.3. The molecule has 1 heterocycles. The molecule has 5 rings (SSSR count). The first-order valence-corrected chi connectivity index (χ1v) is 23.0. The van der Waals surface area contributed by atoms with Gasteiger partial charge in [-0.1, -0.05) is 6.07 Å². The third-order valence-corrected chi connectivity index (χ3v) is 12.7. The van der Waals surface area contributed by atoms with Crippen LogP contribution >= 0.6 is 11.6 Å². The highest BCUT2D eigenvalue weighted by atomic mass is 35.5. The lowest BCUT2D eigenvalue weighted by molar-refractivity contribution is 0.259. The molecule has 0 bridgehead atoms. The first-order chi connectivity index (χ1) is 26.7. The highest BCUT2D eigenvalue weighted by molar-refractivity contribution is 7.93. The van der Waals surface area contributed by atoms with Crippen LogP contribution in [0.5, 0.6) is 0 Å². The van der Waals surface area contributed by atoms with E-state index >= 15 is 0 Å². The second-order valence-electron chi connectivity index (χ2n) is 11.4. The highest BCUT2D eigenvalue weighted by Crippen LogP contribution is 2.37. The predicted octanol–water partition coefficient (Wildman–Crippen LogP) is 3.47. The van der Waals surface area contributed by atoms with Crippen molar-refractivity contribution in [1.82, 2.24) is 15.0 Å². The number of sulfone groups is 1. The smallest absolute Gasteiger partial charge is 0.316 e. The number of urea groups is 1. The van der Waals surface area contributed by atoms with Gasteiger partial charge in [-0.25, -0.2) is 13.2 Å². The lowest BCUT2D eigenvalue weighted by atomic mass is 10.1. The van der Waals surface area contributed by atoms with E-state index in [2.05, 4.69) is 41.1 Å². The summed E-state index contributed by atoms with van der Waals surface area (Å²) >= 11 is 6.07. The lowest BCUT2D eigenvalue weighted by Gasteiger charge is -2.12. The molecule has 1 aromatic heterocycles. The number of azo groups is 1. The van der Waals surface area contributed by atoms with Crippen molar-refractivity contribution in [3.8, 4) is 0 Å². The predicted molar refractivity (Wildman–Crippen MR) is 204 cm³/mol. The van der Waals surface area contributed by atoms with Gasteiger partial charge in [0.25, 0.3) is 40.5 Å². The van der Waals surface area contributed by atoms with Crippen LogP contribution in [0.2, 0.25) is 5.28 Å². The number of hydrogen-bond acceptors (Lipinski definition) is 18. The normalized spacial score (nSPS) is 12.8. The van der Waals surface area contributed by atoms with Gasteiger partial charge in [0.15, 0.2) is 9.84 Å². The molecule has 0 aliphatic rings. The molecule has 0 atom stereocenters. The summed E-state index contributed by atoms with van der Waals surface area (Å²) in [4.78, 5) is 20.4. The van der Waals surface area contributed by atoms with Crippen LogP contribution in [0.4, 0.5) is 45.1 Å². The molecule has 2 amide bonds. The molecule has 0 radical (unpaired) electrons. The molecule has 5 aromatic rings. The van der Waals surface area contributed by atoms with E-state index in [4.69, 9.17) is 21.9 Å². The number of carbonyl (C=O) groups is 1. The zero-order chi connectivity index (χ0) is 43.0. The highest BCUT2D eigenvalue weighted by Gasteiger charge is 2.25. The van der Waals surface area contributed by atoms with E-state index in [0.717, 1.165) is 12.1 Å². The number of halogens is 1. The standard InChI is InChI=1S/C28H24ClN9O15S5/c29-25-34-27(31-15-2-1-3-17(10-15)54(40,41)6-7-55(42,43)44)36-28(35-25)32-16-4-5-20(21(11-16)33-26(30)39)37-38-22-13-19-14(9-24(22)58(51,52)53)8-18(56(45,46)47)12-23(19)57(48,49)50/h1-5,8-13H,6-7H2,(H3,30,33,39)(H,42,43,44)(H,45,46,47)(H,48,49,50)(H,51,52,53)(H2,31,32,34,35,36). The van der Waals surface area contributed by atoms with Gasteiger partial charge in [0.05, 0.1) is 27.0 Å². The molecule has 0 saturated heterocycles. The quantitative estimate of drug-likeness (QED) is 0.0583. The molecule has 0 saturated carbocycles. The van der Waals surface area contributed by atoms with Crippen molar-refractivity contribution >= 4 is 119 Å². The number of benzene rings is 4. The van der Waals surface area contributed by atoms with Crippen LogP contribution in [0, 0.1) is 0 Å². The molecule has 24 nitrogen and oxygen atoms in total. The number of amides is 2. The Bertz CT molecular complexity index is 3120. The Hall–Kier alpha value is -5.50. The molecule has 0 aliphatic carbocycles. The summed E-state index contributed by atoms with van der Waals surface area (Å²) in [6.45, 7) is 0. The van der Waals surface area contributed by atoms with Crippen molar-refractivity contribution in [3.05, 3.63) is 72.0 Å². The molecule has 0 fully saturated rings. The number of anilines is 5. The van der Waals surface area contributed by atoms with E-state index in [0.29, 0.717) is 18.2 Å². The van der Waals surface area contributed by atoms with E-state index in [9.17, 15) is 60.5 Å². The van der Waals surface area contributed by atoms with Gasteiger partial charge in [-0.05, 0) is 77.7 Å². The van der Waals surface area contributed by atoms with Crippen molar-refractivity contribution in [3.63, 3.8) is 0 Å². The Balaban J connectivity index is 1.49. The topological polar surface area (TPSA) is 394 Å². The molecule has 0 spiro atoms. The maximum atomic E-state index is 12.6. The summed E-state index contributed by atoms with van der Waals surface area (Å²) in [5.74, 6) is -2.37. The molecular formula is C28H24ClN9O15S5. The largest absolute Gasteiger partial charge is 0.351 e. The van der Waals surface area contributed by atoms with Gasteiger partial charge in [0.2, 0.25) is 17.2 Å². The average Bonchev–Trinajstić information content (AvgIpc) is 3.07. The van der Waals surface area contributed by atoms with Gasteiger partial charge in [0.1, 0.15) is 21.2 Å². The monoisotopic (exact) mass is 921 g/mol. The summed E-state index contributed by atoms with van der Waals surface area (Å²) in [7, 11) is -24.2. The van der Waals surface area contributed by atoms with Crippen molar-refractivity contribution in [1.29, 1.82) is 0 Å². The van der Waals surface area contributed by atoms with Crippen molar-refractivity contribution in [2.24, 2.45) is 16.0 Å². The summed E-state index contributed by atoms with van der Waals surface area (Å²) in [5, 5.41) is 14.0. The minimum atomic E-state index is -5.23. The van der Waals surface area contributed by atoms with E-state index in [-0.39, 0.29) is 44.8 Å². The SMILES string of the molecule is NC(=O)Nc1cc(Nc2nc(Cl)nc(Nc3cccc(S(=O)(=O)CCS(=O)(=O)O)c3)n2)ccc1N=Nc1cc2c(S(=O)(=O)O)cc(S(=O)(=O)O)cc2cc1S(=O)(=O)O. The van der Waals surface area contributed by atoms with Crippen LogP contribution in [0.15, 0.2) is 96.5 Å². The number of hydrogen-bond donors (Lipinski definition) is 8. The van der Waals surface area contributed by atoms with Crippen LogP contribution in [-0.2, 0) is 50.3 Å². The van der Waals surface area contributed by atoms with Crippen molar-refractivity contribution < 1.29 is 65.1 Å². The molecular weight excluding hydrogens is 898 g/mol. The van der Waals surface area contributed by atoms with Gasteiger partial charge in [-0.2, -0.15) is 48.6 Å². The molecule has 30 heteroatoms. The Morgan fingerprint density at radius 1 is 0.655 bits per heavy atom. The summed E-state index contributed by atoms with van der Waals surface area (Å²) in [6, 6.07) is 10.1. The van der Waals surface area contributed by atoms with Gasteiger partial charge >= 0.3 is 6.03 Å². The molecule has 58 heavy (non-hydrogen) atoms. The minimum absolute atomic E-state index is 0.111. The maximum absolute atomic E-state index is 12.6. The fraction of sp³-hybridized carbons (Fsp3) is 0.0714. The number of nitrogens with one attached hydrogen (secondary N) is 3. The summed E-state index contributed by atoms with van der Waals surface area (Å²) in [6.07, 6.45) is 0. The molecule has 0 unspecified atom stereocenters. The Labute approximate surface area is 332 Å². The van der Waals surface area contributed by atoms with Gasteiger partial charge in [0, 0.05) is 16.8 Å². The average molecular weight is 922 g/mol. The summed E-state index contributed by atoms with van der Waals surface area (Å²) < 4.78 is 158. The van der Waals surface area contributed by atoms with Crippen LogP contribution in [0.3, 0.4) is 0 Å². The number of primary amides is 1. The first kappa shape index (κ1) is 43.6. The van der Waals surface area contributed by atoms with E-state index < -0.39 is 99.0 Å². The van der Waals surface area contributed by atoms with Crippen LogP contribution in [0.25, 0.3) is 10.8 Å². The number of nitrogens with zero attached hydrogens (tertiary/aromatic N) is 5. The molecule has 308 valence electrons. The number of aromatic nitrogens is 3. The molecule has 4 aromatic carbocycles. The Morgan fingerprint density at radius 2 is 1.26 bits per heavy atom. The zero-order valence-corrected chi connectivity index (χ0v) is 33.1. The van der Waals surface area contributed by atoms with Crippen molar-refractivity contribution in [2.75, 3.05) is 27.5 Å². The lowest BCUT2D eigenvalue weighted by Crippen LogP contribution is -2.19. The summed E-state index contributed by atoms with van der Waals surface area (Å²) in [5.41, 5.74) is 4.36. The van der Waals surface area contributed by atoms with Crippen LogP contribution in [-0.4, -0.2) is 92.8 Å². The van der Waals surface area contributed by atoms with Gasteiger partial charge in [-0.3, -0.25) is 18.2 Å². The Morgan fingerprint density at radius 3 is 1.83 bits per heavy atom. The van der Waals surface area contributed by atoms with Gasteiger partial charge in [-0.15, -0.1) is 10.2 Å².